The predicted molar refractivity (Wildman–Crippen MR) is 160 cm³/mol. The molecule has 224 valence electrons. The fraction of sp³-hybridized carbons (Fsp3) is 0.382. The number of likely N-dealkylation sites (tertiary alicyclic amines) is 1. The van der Waals surface area contributed by atoms with E-state index in [1.807, 2.05) is 55.6 Å². The van der Waals surface area contributed by atoms with Crippen LogP contribution >= 0.6 is 0 Å². The standard InChI is InChI=1S/C34H37F2N5O2/c1-23(24-7-3-2-4-8-24)40-20-17-32(26-12-15-29(35)30(36)21-26)41(34(40)43)33(42)38-27-16-19-39(22-27)28-13-10-25(11-14-28)31-9-5-6-18-37-31/h2-9,12,15,17-18,20-21,23,25,27-28,32H,10-11,13-14,16,19,22H2,1H3,(H,38,42)/t23-,25-,27-,28-,32?/m1/s1. The van der Waals surface area contributed by atoms with E-state index < -0.39 is 29.7 Å². The van der Waals surface area contributed by atoms with Crippen LogP contribution in [0.3, 0.4) is 0 Å². The van der Waals surface area contributed by atoms with E-state index in [0.29, 0.717) is 24.1 Å². The zero-order chi connectivity index (χ0) is 29.9. The lowest BCUT2D eigenvalue weighted by atomic mass is 9.83. The van der Waals surface area contributed by atoms with Gasteiger partial charge >= 0.3 is 12.1 Å². The van der Waals surface area contributed by atoms with Crippen molar-refractivity contribution in [3.05, 3.63) is 114 Å². The van der Waals surface area contributed by atoms with Crippen LogP contribution < -0.4 is 5.32 Å². The number of carbonyl (C=O) groups excluding carboxylic acids is 2. The Morgan fingerprint density at radius 2 is 1.72 bits per heavy atom. The number of benzene rings is 2. The van der Waals surface area contributed by atoms with Crippen LogP contribution in [-0.4, -0.2) is 56.9 Å². The van der Waals surface area contributed by atoms with Crippen LogP contribution in [-0.2, 0) is 0 Å². The molecule has 0 radical (unpaired) electrons. The fourth-order valence-corrected chi connectivity index (χ4v) is 6.76. The minimum absolute atomic E-state index is 0.120. The van der Waals surface area contributed by atoms with Crippen LogP contribution in [0.1, 0.15) is 73.9 Å². The van der Waals surface area contributed by atoms with Gasteiger partial charge in [-0.15, -0.1) is 0 Å². The van der Waals surface area contributed by atoms with Crippen molar-refractivity contribution in [3.8, 4) is 0 Å². The van der Waals surface area contributed by atoms with Gasteiger partial charge in [-0.05, 0) is 80.5 Å². The molecule has 0 spiro atoms. The summed E-state index contributed by atoms with van der Waals surface area (Å²) in [5, 5.41) is 3.09. The molecule has 6 rings (SSSR count). The summed E-state index contributed by atoms with van der Waals surface area (Å²) in [4.78, 5) is 37.4. The first-order valence-corrected chi connectivity index (χ1v) is 15.1. The number of hydrogen-bond acceptors (Lipinski definition) is 4. The molecule has 1 unspecified atom stereocenters. The van der Waals surface area contributed by atoms with Gasteiger partial charge in [0.1, 0.15) is 0 Å². The van der Waals surface area contributed by atoms with Crippen LogP contribution in [0.2, 0.25) is 0 Å². The molecule has 3 atom stereocenters. The Balaban J connectivity index is 1.15. The van der Waals surface area contributed by atoms with Gasteiger partial charge in [0.15, 0.2) is 11.6 Å². The van der Waals surface area contributed by atoms with Gasteiger partial charge in [-0.25, -0.2) is 23.3 Å². The molecule has 4 amide bonds. The number of pyridine rings is 1. The normalized spacial score (nSPS) is 25.1. The molecule has 1 N–H and O–H groups in total. The molecule has 1 saturated heterocycles. The van der Waals surface area contributed by atoms with Crippen molar-refractivity contribution in [2.24, 2.45) is 0 Å². The summed E-state index contributed by atoms with van der Waals surface area (Å²) in [6.07, 6.45) is 10.3. The van der Waals surface area contributed by atoms with Crippen LogP contribution in [0.5, 0.6) is 0 Å². The summed E-state index contributed by atoms with van der Waals surface area (Å²) in [5.41, 5.74) is 2.40. The van der Waals surface area contributed by atoms with Gasteiger partial charge in [0.2, 0.25) is 0 Å². The highest BCUT2D eigenvalue weighted by Gasteiger charge is 2.40. The van der Waals surface area contributed by atoms with E-state index >= 15 is 0 Å². The van der Waals surface area contributed by atoms with Crippen molar-refractivity contribution < 1.29 is 18.4 Å². The van der Waals surface area contributed by atoms with E-state index in [9.17, 15) is 18.4 Å². The quantitative estimate of drug-likeness (QED) is 0.341. The first-order chi connectivity index (χ1) is 20.9. The van der Waals surface area contributed by atoms with Gasteiger partial charge < -0.3 is 5.32 Å². The summed E-state index contributed by atoms with van der Waals surface area (Å²) < 4.78 is 28.0. The third kappa shape index (κ3) is 6.18. The number of rotatable bonds is 6. The molecule has 1 aliphatic carbocycles. The lowest BCUT2D eigenvalue weighted by molar-refractivity contribution is 0.139. The fourth-order valence-electron chi connectivity index (χ4n) is 6.76. The third-order valence-electron chi connectivity index (χ3n) is 9.20. The molecule has 1 aromatic heterocycles. The molecule has 2 aliphatic heterocycles. The number of nitrogens with one attached hydrogen (secondary N) is 1. The summed E-state index contributed by atoms with van der Waals surface area (Å²) in [6.45, 7) is 3.48. The Morgan fingerprint density at radius 1 is 0.953 bits per heavy atom. The zero-order valence-electron chi connectivity index (χ0n) is 24.3. The van der Waals surface area contributed by atoms with Gasteiger partial charge in [-0.2, -0.15) is 0 Å². The number of halogens is 2. The zero-order valence-corrected chi connectivity index (χ0v) is 24.3. The molecule has 0 bridgehead atoms. The molecule has 7 nitrogen and oxygen atoms in total. The molecule has 9 heteroatoms. The largest absolute Gasteiger partial charge is 0.333 e. The second-order valence-electron chi connectivity index (χ2n) is 11.8. The van der Waals surface area contributed by atoms with E-state index in [1.54, 1.807) is 12.3 Å². The van der Waals surface area contributed by atoms with Crippen molar-refractivity contribution in [2.75, 3.05) is 13.1 Å². The first kappa shape index (κ1) is 29.0. The molecular weight excluding hydrogens is 548 g/mol. The predicted octanol–water partition coefficient (Wildman–Crippen LogP) is 6.92. The number of carbonyl (C=O) groups is 2. The second kappa shape index (κ2) is 12.6. The Hall–Kier alpha value is -4.11. The topological polar surface area (TPSA) is 68.8 Å². The maximum Gasteiger partial charge on any atom is 0.333 e. The van der Waals surface area contributed by atoms with Crippen LogP contribution in [0.15, 0.2) is 85.2 Å². The number of imide groups is 1. The third-order valence-corrected chi connectivity index (χ3v) is 9.20. The van der Waals surface area contributed by atoms with Gasteiger partial charge in [0.25, 0.3) is 0 Å². The van der Waals surface area contributed by atoms with Crippen molar-refractivity contribution in [3.63, 3.8) is 0 Å². The van der Waals surface area contributed by atoms with Gasteiger partial charge in [-0.1, -0.05) is 42.5 Å². The van der Waals surface area contributed by atoms with Gasteiger partial charge in [-0.3, -0.25) is 14.8 Å². The summed E-state index contributed by atoms with van der Waals surface area (Å²) in [6, 6.07) is 17.2. The van der Waals surface area contributed by atoms with E-state index in [4.69, 9.17) is 0 Å². The smallest absolute Gasteiger partial charge is 0.333 e. The summed E-state index contributed by atoms with van der Waals surface area (Å²) >= 11 is 0. The van der Waals surface area contributed by atoms with Crippen LogP contribution in [0, 0.1) is 11.6 Å². The first-order valence-electron chi connectivity index (χ1n) is 15.1. The lowest BCUT2D eigenvalue weighted by Gasteiger charge is -2.39. The highest BCUT2D eigenvalue weighted by molar-refractivity contribution is 5.96. The Kier molecular flexibility index (Phi) is 8.51. The van der Waals surface area contributed by atoms with Gasteiger partial charge in [0, 0.05) is 49.2 Å². The number of urea groups is 2. The molecule has 2 aromatic carbocycles. The van der Waals surface area contributed by atoms with Crippen LogP contribution in [0.4, 0.5) is 18.4 Å². The maximum atomic E-state index is 14.2. The SMILES string of the molecule is C[C@H](c1ccccc1)N1C=CC(c2ccc(F)c(F)c2)N(C(=O)N[C@@H]2CCN([C@H]3CC[C@H](c4ccccn4)CC3)C2)C1=O. The number of amides is 4. The average Bonchev–Trinajstić information content (AvgIpc) is 3.51. The van der Waals surface area contributed by atoms with E-state index in [-0.39, 0.29) is 12.1 Å². The Morgan fingerprint density at radius 3 is 2.44 bits per heavy atom. The number of nitrogens with zero attached hydrogens (tertiary/aromatic N) is 4. The molecule has 2 fully saturated rings. The molecule has 3 aromatic rings. The second-order valence-corrected chi connectivity index (χ2v) is 11.8. The molecular formula is C34H37F2N5O2. The van der Waals surface area contributed by atoms with Gasteiger partial charge in [0.05, 0.1) is 12.1 Å². The average molecular weight is 586 g/mol. The molecule has 3 heterocycles. The minimum atomic E-state index is -1.03. The monoisotopic (exact) mass is 585 g/mol. The Labute approximate surface area is 251 Å². The maximum absolute atomic E-state index is 14.2. The molecule has 3 aliphatic rings. The number of aromatic nitrogens is 1. The number of hydrogen-bond donors (Lipinski definition) is 1. The molecule has 1 saturated carbocycles. The van der Waals surface area contributed by atoms with Crippen molar-refractivity contribution in [1.29, 1.82) is 0 Å². The van der Waals surface area contributed by atoms with E-state index in [1.165, 1.54) is 16.7 Å². The highest BCUT2D eigenvalue weighted by Crippen LogP contribution is 2.36. The summed E-state index contributed by atoms with van der Waals surface area (Å²) in [7, 11) is 0. The molecule has 43 heavy (non-hydrogen) atoms. The highest BCUT2D eigenvalue weighted by atomic mass is 19.2. The van der Waals surface area contributed by atoms with E-state index in [0.717, 1.165) is 61.2 Å². The summed E-state index contributed by atoms with van der Waals surface area (Å²) in [5.74, 6) is -1.52. The minimum Gasteiger partial charge on any atom is -0.333 e. The lowest BCUT2D eigenvalue weighted by Crippen LogP contribution is -2.54. The van der Waals surface area contributed by atoms with E-state index in [2.05, 4.69) is 21.3 Å². The van der Waals surface area contributed by atoms with Crippen LogP contribution in [0.25, 0.3) is 0 Å². The van der Waals surface area contributed by atoms with Crippen molar-refractivity contribution >= 4 is 12.1 Å². The Bertz CT molecular complexity index is 1460. The van der Waals surface area contributed by atoms with Crippen molar-refractivity contribution in [2.45, 2.75) is 69.1 Å². The van der Waals surface area contributed by atoms with Crippen molar-refractivity contribution in [1.82, 2.24) is 25.0 Å².